The van der Waals surface area contributed by atoms with Gasteiger partial charge in [-0.1, -0.05) is 0 Å². The van der Waals surface area contributed by atoms with Crippen LogP contribution in [0.3, 0.4) is 0 Å². The largest absolute Gasteiger partial charge is 0.370 e. The summed E-state index contributed by atoms with van der Waals surface area (Å²) >= 11 is 0. The number of hydrogen-bond acceptors (Lipinski definition) is 1. The van der Waals surface area contributed by atoms with Gasteiger partial charge in [-0.15, -0.1) is 0 Å². The van der Waals surface area contributed by atoms with Gasteiger partial charge in [0.2, 0.25) is 5.96 Å². The third-order valence-corrected chi connectivity index (χ3v) is 2.63. The van der Waals surface area contributed by atoms with Crippen LogP contribution < -0.4 is 17.2 Å². The molecule has 7 heteroatoms. The van der Waals surface area contributed by atoms with Gasteiger partial charge in [-0.25, -0.2) is 4.39 Å². The highest BCUT2D eigenvalue weighted by atomic mass is 19.1. The standard InChI is InChI=1S/C12H15FN6/c13-8-1-2-10-9(5-8)7(6-18-10)3-4-17-12(16)19-11(14)15/h1-2,5-6,18H,3-4H2,(H6,14,15,16,17,19). The number of benzene rings is 1. The molecule has 0 fully saturated rings. The zero-order valence-corrected chi connectivity index (χ0v) is 10.2. The van der Waals surface area contributed by atoms with E-state index in [1.807, 2.05) is 6.20 Å². The molecule has 0 radical (unpaired) electrons. The van der Waals surface area contributed by atoms with Crippen LogP contribution in [0.15, 0.2) is 34.4 Å². The molecule has 7 N–H and O–H groups in total. The second kappa shape index (κ2) is 5.38. The molecule has 0 saturated heterocycles. The molecule has 2 rings (SSSR count). The van der Waals surface area contributed by atoms with Crippen molar-refractivity contribution >= 4 is 22.8 Å². The maximum Gasteiger partial charge on any atom is 0.218 e. The SMILES string of the molecule is NC(N)=NC(N)=NCCc1c[nH]c2ccc(F)cc12. The maximum absolute atomic E-state index is 13.2. The third-order valence-electron chi connectivity index (χ3n) is 2.63. The fourth-order valence-corrected chi connectivity index (χ4v) is 1.82. The predicted molar refractivity (Wildman–Crippen MR) is 74.3 cm³/mol. The van der Waals surface area contributed by atoms with E-state index in [-0.39, 0.29) is 17.7 Å². The molecule has 1 aromatic heterocycles. The first-order valence-electron chi connectivity index (χ1n) is 5.71. The van der Waals surface area contributed by atoms with Crippen LogP contribution in [0.25, 0.3) is 10.9 Å². The van der Waals surface area contributed by atoms with Crippen molar-refractivity contribution in [3.8, 4) is 0 Å². The van der Waals surface area contributed by atoms with Crippen molar-refractivity contribution in [2.45, 2.75) is 6.42 Å². The van der Waals surface area contributed by atoms with Gasteiger partial charge in [-0.3, -0.25) is 4.99 Å². The van der Waals surface area contributed by atoms with Crippen LogP contribution in [0.2, 0.25) is 0 Å². The number of fused-ring (bicyclic) bond motifs is 1. The zero-order chi connectivity index (χ0) is 13.8. The van der Waals surface area contributed by atoms with E-state index in [0.29, 0.717) is 13.0 Å². The first-order chi connectivity index (χ1) is 9.06. The van der Waals surface area contributed by atoms with Crippen molar-refractivity contribution in [2.75, 3.05) is 6.54 Å². The summed E-state index contributed by atoms with van der Waals surface area (Å²) in [4.78, 5) is 10.7. The number of aromatic amines is 1. The molecular weight excluding hydrogens is 247 g/mol. The normalized spacial score (nSPS) is 11.7. The van der Waals surface area contributed by atoms with Crippen molar-refractivity contribution < 1.29 is 4.39 Å². The minimum Gasteiger partial charge on any atom is -0.370 e. The van der Waals surface area contributed by atoms with Crippen LogP contribution in [-0.4, -0.2) is 23.4 Å². The fourth-order valence-electron chi connectivity index (χ4n) is 1.82. The van der Waals surface area contributed by atoms with E-state index < -0.39 is 0 Å². The van der Waals surface area contributed by atoms with Crippen molar-refractivity contribution in [1.29, 1.82) is 0 Å². The summed E-state index contributed by atoms with van der Waals surface area (Å²) in [5.41, 5.74) is 17.7. The lowest BCUT2D eigenvalue weighted by atomic mass is 10.1. The van der Waals surface area contributed by atoms with Crippen LogP contribution in [-0.2, 0) is 6.42 Å². The van der Waals surface area contributed by atoms with Crippen molar-refractivity contribution in [2.24, 2.45) is 27.2 Å². The van der Waals surface area contributed by atoms with Crippen LogP contribution in [0.5, 0.6) is 0 Å². The Morgan fingerprint density at radius 1 is 1.26 bits per heavy atom. The molecule has 0 atom stereocenters. The first kappa shape index (κ1) is 12.9. The van der Waals surface area contributed by atoms with Crippen molar-refractivity contribution in [3.63, 3.8) is 0 Å². The molecule has 1 aromatic carbocycles. The summed E-state index contributed by atoms with van der Waals surface area (Å²) < 4.78 is 13.2. The van der Waals surface area contributed by atoms with Gasteiger partial charge < -0.3 is 22.2 Å². The fraction of sp³-hybridized carbons (Fsp3) is 0.167. The molecular formula is C12H15FN6. The van der Waals surface area contributed by atoms with E-state index in [4.69, 9.17) is 17.2 Å². The molecule has 2 aromatic rings. The lowest BCUT2D eigenvalue weighted by molar-refractivity contribution is 0.629. The lowest BCUT2D eigenvalue weighted by Gasteiger charge is -1.98. The molecule has 19 heavy (non-hydrogen) atoms. The van der Waals surface area contributed by atoms with Gasteiger partial charge in [0.1, 0.15) is 5.82 Å². The highest BCUT2D eigenvalue weighted by molar-refractivity contribution is 5.92. The summed E-state index contributed by atoms with van der Waals surface area (Å²) in [7, 11) is 0. The number of halogens is 1. The second-order valence-corrected chi connectivity index (χ2v) is 4.03. The van der Waals surface area contributed by atoms with Gasteiger partial charge >= 0.3 is 0 Å². The lowest BCUT2D eigenvalue weighted by Crippen LogP contribution is -2.26. The Labute approximate surface area is 109 Å². The predicted octanol–water partition coefficient (Wildman–Crippen LogP) is 0.438. The minimum atomic E-state index is -0.267. The van der Waals surface area contributed by atoms with Gasteiger partial charge in [-0.2, -0.15) is 4.99 Å². The zero-order valence-electron chi connectivity index (χ0n) is 10.2. The van der Waals surface area contributed by atoms with E-state index in [9.17, 15) is 4.39 Å². The number of hydrogen-bond donors (Lipinski definition) is 4. The molecule has 0 bridgehead atoms. The van der Waals surface area contributed by atoms with E-state index in [1.165, 1.54) is 12.1 Å². The van der Waals surface area contributed by atoms with Crippen molar-refractivity contribution in [3.05, 3.63) is 35.8 Å². The number of nitrogens with two attached hydrogens (primary N) is 3. The first-order valence-corrected chi connectivity index (χ1v) is 5.71. The summed E-state index contributed by atoms with van der Waals surface area (Å²) in [6.07, 6.45) is 2.44. The molecule has 0 amide bonds. The van der Waals surface area contributed by atoms with Crippen LogP contribution in [0, 0.1) is 5.82 Å². The summed E-state index contributed by atoms with van der Waals surface area (Å²) in [5.74, 6) is -0.363. The van der Waals surface area contributed by atoms with E-state index in [2.05, 4.69) is 15.0 Å². The van der Waals surface area contributed by atoms with E-state index >= 15 is 0 Å². The summed E-state index contributed by atoms with van der Waals surface area (Å²) in [6.45, 7) is 0.423. The van der Waals surface area contributed by atoms with Crippen LogP contribution >= 0.6 is 0 Å². The van der Waals surface area contributed by atoms with Gasteiger partial charge in [0.05, 0.1) is 0 Å². The molecule has 6 nitrogen and oxygen atoms in total. The highest BCUT2D eigenvalue weighted by Crippen LogP contribution is 2.19. The number of guanidine groups is 2. The quantitative estimate of drug-likeness (QED) is 0.474. The Kier molecular flexibility index (Phi) is 3.65. The number of rotatable bonds is 3. The summed E-state index contributed by atoms with van der Waals surface area (Å²) in [5, 5.41) is 0.843. The molecule has 1 heterocycles. The number of aliphatic imine (C=N–C) groups is 2. The molecule has 0 aliphatic carbocycles. The Balaban J connectivity index is 2.10. The smallest absolute Gasteiger partial charge is 0.218 e. The molecule has 0 aliphatic heterocycles. The number of aromatic nitrogens is 1. The molecule has 100 valence electrons. The van der Waals surface area contributed by atoms with E-state index in [0.717, 1.165) is 16.5 Å². The van der Waals surface area contributed by atoms with Crippen LogP contribution in [0.1, 0.15) is 5.56 Å². The monoisotopic (exact) mass is 262 g/mol. The van der Waals surface area contributed by atoms with Gasteiger partial charge in [-0.05, 0) is 30.2 Å². The Morgan fingerprint density at radius 2 is 2.05 bits per heavy atom. The maximum atomic E-state index is 13.2. The number of nitrogens with zero attached hydrogens (tertiary/aromatic N) is 2. The molecule has 0 unspecified atom stereocenters. The van der Waals surface area contributed by atoms with Gasteiger partial charge in [0, 0.05) is 23.6 Å². The average Bonchev–Trinajstić information content (AvgIpc) is 2.71. The van der Waals surface area contributed by atoms with Gasteiger partial charge in [0.15, 0.2) is 5.96 Å². The number of H-pyrrole nitrogens is 1. The van der Waals surface area contributed by atoms with Crippen molar-refractivity contribution in [1.82, 2.24) is 4.98 Å². The molecule has 0 aliphatic rings. The molecule has 0 saturated carbocycles. The molecule has 0 spiro atoms. The number of nitrogens with one attached hydrogen (secondary N) is 1. The minimum absolute atomic E-state index is 0.0334. The Bertz CT molecular complexity index is 639. The topological polar surface area (TPSA) is 119 Å². The average molecular weight is 262 g/mol. The Hall–Kier alpha value is -2.57. The Morgan fingerprint density at radius 3 is 2.79 bits per heavy atom. The highest BCUT2D eigenvalue weighted by Gasteiger charge is 2.04. The van der Waals surface area contributed by atoms with Crippen LogP contribution in [0.4, 0.5) is 4.39 Å². The van der Waals surface area contributed by atoms with E-state index in [1.54, 1.807) is 6.07 Å². The second-order valence-electron chi connectivity index (χ2n) is 4.03. The van der Waals surface area contributed by atoms with Gasteiger partial charge in [0.25, 0.3) is 0 Å². The summed E-state index contributed by atoms with van der Waals surface area (Å²) in [6, 6.07) is 4.60. The third kappa shape index (κ3) is 3.21.